The summed E-state index contributed by atoms with van der Waals surface area (Å²) in [7, 11) is 0. The maximum Gasteiger partial charge on any atom is 0.269 e. The largest absolute Gasteiger partial charge is 0.506 e. The van der Waals surface area contributed by atoms with Crippen LogP contribution in [0.2, 0.25) is 0 Å². The molecule has 0 fully saturated rings. The minimum Gasteiger partial charge on any atom is -0.506 e. The highest BCUT2D eigenvalue weighted by atomic mass is 79.9. The van der Waals surface area contributed by atoms with E-state index in [2.05, 4.69) is 21.2 Å². The molecule has 6 heteroatoms. The highest BCUT2D eigenvalue weighted by Crippen LogP contribution is 2.27. The molecule has 2 aromatic rings. The molecule has 0 aromatic heterocycles. The zero-order chi connectivity index (χ0) is 15.2. The number of phenols is 1. The summed E-state index contributed by atoms with van der Waals surface area (Å²) in [5, 5.41) is 23.6. The lowest BCUT2D eigenvalue weighted by atomic mass is 10.1. The van der Waals surface area contributed by atoms with Crippen LogP contribution in [-0.4, -0.2) is 16.6 Å². The van der Waals surface area contributed by atoms with Crippen molar-refractivity contribution in [2.45, 2.75) is 13.0 Å². The van der Waals surface area contributed by atoms with Crippen LogP contribution in [0.15, 0.2) is 46.9 Å². The summed E-state index contributed by atoms with van der Waals surface area (Å²) in [6, 6.07) is 12.1. The van der Waals surface area contributed by atoms with Gasteiger partial charge in [-0.1, -0.05) is 24.3 Å². The van der Waals surface area contributed by atoms with Crippen molar-refractivity contribution < 1.29 is 10.0 Å². The van der Waals surface area contributed by atoms with Crippen molar-refractivity contribution in [1.29, 1.82) is 0 Å². The van der Waals surface area contributed by atoms with E-state index in [-0.39, 0.29) is 11.4 Å². The van der Waals surface area contributed by atoms with Crippen LogP contribution in [0.4, 0.5) is 5.69 Å². The zero-order valence-corrected chi connectivity index (χ0v) is 12.8. The number of hydrogen-bond donors (Lipinski definition) is 2. The number of nitro groups is 1. The monoisotopic (exact) mass is 350 g/mol. The van der Waals surface area contributed by atoms with Crippen molar-refractivity contribution in [3.63, 3.8) is 0 Å². The zero-order valence-electron chi connectivity index (χ0n) is 11.3. The minimum atomic E-state index is -0.405. The Bertz CT molecular complexity index is 629. The van der Waals surface area contributed by atoms with E-state index >= 15 is 0 Å². The molecule has 2 aromatic carbocycles. The van der Waals surface area contributed by atoms with Gasteiger partial charge in [-0.25, -0.2) is 0 Å². The molecule has 0 saturated carbocycles. The van der Waals surface area contributed by atoms with Gasteiger partial charge in [0.05, 0.1) is 9.40 Å². The SMILES string of the molecule is O=[N+]([O-])c1ccc(CCNCc2cccc(Br)c2O)cc1. The molecule has 2 N–H and O–H groups in total. The van der Waals surface area contributed by atoms with Crippen molar-refractivity contribution in [2.75, 3.05) is 6.54 Å². The lowest BCUT2D eigenvalue weighted by Gasteiger charge is -2.08. The van der Waals surface area contributed by atoms with E-state index in [1.54, 1.807) is 18.2 Å². The molecule has 0 unspecified atom stereocenters. The molecule has 0 saturated heterocycles. The Morgan fingerprint density at radius 2 is 1.90 bits per heavy atom. The summed E-state index contributed by atoms with van der Waals surface area (Å²) in [4.78, 5) is 10.1. The molecule has 0 bridgehead atoms. The van der Waals surface area contributed by atoms with Gasteiger partial charge in [-0.2, -0.15) is 0 Å². The number of phenolic OH excluding ortho intramolecular Hbond substituents is 1. The lowest BCUT2D eigenvalue weighted by molar-refractivity contribution is -0.384. The van der Waals surface area contributed by atoms with E-state index in [0.29, 0.717) is 11.0 Å². The summed E-state index contributed by atoms with van der Waals surface area (Å²) >= 11 is 3.28. The van der Waals surface area contributed by atoms with Crippen LogP contribution in [0.25, 0.3) is 0 Å². The van der Waals surface area contributed by atoms with Crippen molar-refractivity contribution >= 4 is 21.6 Å². The second kappa shape index (κ2) is 7.19. The van der Waals surface area contributed by atoms with Crippen LogP contribution >= 0.6 is 15.9 Å². The van der Waals surface area contributed by atoms with Crippen molar-refractivity contribution in [2.24, 2.45) is 0 Å². The van der Waals surface area contributed by atoms with Crippen molar-refractivity contribution in [1.82, 2.24) is 5.32 Å². The Morgan fingerprint density at radius 3 is 2.57 bits per heavy atom. The summed E-state index contributed by atoms with van der Waals surface area (Å²) in [6.45, 7) is 1.29. The molecule has 5 nitrogen and oxygen atoms in total. The first kappa shape index (κ1) is 15.5. The Labute approximate surface area is 130 Å². The van der Waals surface area contributed by atoms with E-state index in [4.69, 9.17) is 0 Å². The first-order valence-electron chi connectivity index (χ1n) is 6.48. The summed E-state index contributed by atoms with van der Waals surface area (Å²) in [5.74, 6) is 0.250. The third kappa shape index (κ3) is 4.27. The number of halogens is 1. The number of benzene rings is 2. The molecule has 0 spiro atoms. The highest BCUT2D eigenvalue weighted by molar-refractivity contribution is 9.10. The molecule has 21 heavy (non-hydrogen) atoms. The first-order valence-corrected chi connectivity index (χ1v) is 7.27. The number of para-hydroxylation sites is 1. The standard InChI is InChI=1S/C15H15BrN2O3/c16-14-3-1-2-12(15(14)19)10-17-9-8-11-4-6-13(7-5-11)18(20)21/h1-7,17,19H,8-10H2. The maximum absolute atomic E-state index is 10.6. The first-order chi connectivity index (χ1) is 10.1. The van der Waals surface area contributed by atoms with Crippen LogP contribution in [0.1, 0.15) is 11.1 Å². The van der Waals surface area contributed by atoms with E-state index in [9.17, 15) is 15.2 Å². The molecule has 0 aliphatic heterocycles. The second-order valence-corrected chi connectivity index (χ2v) is 5.45. The molecule has 0 amide bonds. The number of non-ortho nitro benzene ring substituents is 1. The smallest absolute Gasteiger partial charge is 0.269 e. The lowest BCUT2D eigenvalue weighted by Crippen LogP contribution is -2.16. The number of nitrogens with one attached hydrogen (secondary N) is 1. The fourth-order valence-electron chi connectivity index (χ4n) is 1.94. The van der Waals surface area contributed by atoms with Gasteiger partial charge in [0, 0.05) is 24.2 Å². The van der Waals surface area contributed by atoms with Crippen molar-refractivity contribution in [3.8, 4) is 5.75 Å². The Hall–Kier alpha value is -1.92. The van der Waals surface area contributed by atoms with Crippen LogP contribution in [0.5, 0.6) is 5.75 Å². The van der Waals surface area contributed by atoms with E-state index in [1.807, 2.05) is 12.1 Å². The predicted molar refractivity (Wildman–Crippen MR) is 84.3 cm³/mol. The number of aromatic hydroxyl groups is 1. The quantitative estimate of drug-likeness (QED) is 0.475. The molecule has 2 rings (SSSR count). The van der Waals surface area contributed by atoms with Crippen LogP contribution < -0.4 is 5.32 Å². The van der Waals surface area contributed by atoms with E-state index in [1.165, 1.54) is 12.1 Å². The molecule has 0 atom stereocenters. The van der Waals surface area contributed by atoms with Gasteiger partial charge in [0.2, 0.25) is 0 Å². The fraction of sp³-hybridized carbons (Fsp3) is 0.200. The van der Waals surface area contributed by atoms with E-state index < -0.39 is 4.92 Å². The van der Waals surface area contributed by atoms with Crippen molar-refractivity contribution in [3.05, 3.63) is 68.2 Å². The molecular weight excluding hydrogens is 336 g/mol. The van der Waals surface area contributed by atoms with Gasteiger partial charge in [0.15, 0.2) is 0 Å². The number of nitro benzene ring substituents is 1. The summed E-state index contributed by atoms with van der Waals surface area (Å²) in [6.07, 6.45) is 0.771. The number of nitrogens with zero attached hydrogens (tertiary/aromatic N) is 1. The Kier molecular flexibility index (Phi) is 5.30. The number of hydrogen-bond acceptors (Lipinski definition) is 4. The van der Waals surface area contributed by atoms with Crippen LogP contribution in [0, 0.1) is 10.1 Å². The molecule has 110 valence electrons. The topological polar surface area (TPSA) is 75.4 Å². The van der Waals surface area contributed by atoms with Gasteiger partial charge in [0.25, 0.3) is 5.69 Å². The molecule has 0 radical (unpaired) electrons. The van der Waals surface area contributed by atoms with Gasteiger partial charge >= 0.3 is 0 Å². The Morgan fingerprint density at radius 1 is 1.19 bits per heavy atom. The second-order valence-electron chi connectivity index (χ2n) is 4.60. The minimum absolute atomic E-state index is 0.103. The van der Waals surface area contributed by atoms with Crippen LogP contribution in [-0.2, 0) is 13.0 Å². The average Bonchev–Trinajstić information content (AvgIpc) is 2.48. The molecule has 0 heterocycles. The number of rotatable bonds is 6. The third-order valence-electron chi connectivity index (χ3n) is 3.12. The fourth-order valence-corrected chi connectivity index (χ4v) is 2.35. The Balaban J connectivity index is 1.82. The van der Waals surface area contributed by atoms with Gasteiger partial charge in [-0.15, -0.1) is 0 Å². The molecule has 0 aliphatic rings. The third-order valence-corrected chi connectivity index (χ3v) is 3.76. The van der Waals surface area contributed by atoms with Gasteiger partial charge in [-0.05, 0) is 40.5 Å². The maximum atomic E-state index is 10.6. The summed E-state index contributed by atoms with van der Waals surface area (Å²) < 4.78 is 0.678. The van der Waals surface area contributed by atoms with E-state index in [0.717, 1.165) is 24.1 Å². The van der Waals surface area contributed by atoms with Crippen LogP contribution in [0.3, 0.4) is 0 Å². The van der Waals surface area contributed by atoms with Gasteiger partial charge < -0.3 is 10.4 Å². The highest BCUT2D eigenvalue weighted by Gasteiger charge is 2.05. The van der Waals surface area contributed by atoms with Gasteiger partial charge in [0.1, 0.15) is 5.75 Å². The summed E-state index contributed by atoms with van der Waals surface area (Å²) in [5.41, 5.74) is 1.96. The molecule has 0 aliphatic carbocycles. The average molecular weight is 351 g/mol. The molecular formula is C15H15BrN2O3. The van der Waals surface area contributed by atoms with Gasteiger partial charge in [-0.3, -0.25) is 10.1 Å². The normalized spacial score (nSPS) is 10.5. The predicted octanol–water partition coefficient (Wildman–Crippen LogP) is 3.40.